The molecule has 0 saturated carbocycles. The van der Waals surface area contributed by atoms with Crippen molar-refractivity contribution in [1.29, 1.82) is 0 Å². The Bertz CT molecular complexity index is 558. The molecule has 0 unspecified atom stereocenters. The van der Waals surface area contributed by atoms with Crippen molar-refractivity contribution in [3.63, 3.8) is 0 Å². The van der Waals surface area contributed by atoms with E-state index in [1.54, 1.807) is 31.2 Å². The Labute approximate surface area is 111 Å². The fourth-order valence-corrected chi connectivity index (χ4v) is 1.63. The minimum atomic E-state index is -0.236. The molecule has 19 heavy (non-hydrogen) atoms. The molecule has 0 aliphatic heterocycles. The van der Waals surface area contributed by atoms with Crippen LogP contribution in [0.15, 0.2) is 42.5 Å². The van der Waals surface area contributed by atoms with Gasteiger partial charge in [-0.3, -0.25) is 0 Å². The van der Waals surface area contributed by atoms with E-state index in [-0.39, 0.29) is 5.82 Å². The lowest BCUT2D eigenvalue weighted by Gasteiger charge is -2.10. The summed E-state index contributed by atoms with van der Waals surface area (Å²) < 4.78 is 24.0. The van der Waals surface area contributed by atoms with E-state index >= 15 is 0 Å². The normalized spacial score (nSPS) is 10.2. The fourth-order valence-electron chi connectivity index (χ4n) is 1.63. The summed E-state index contributed by atoms with van der Waals surface area (Å²) in [6.07, 6.45) is 0. The number of benzene rings is 2. The summed E-state index contributed by atoms with van der Waals surface area (Å²) in [5.74, 6) is 1.03. The summed E-state index contributed by atoms with van der Waals surface area (Å²) in [5.41, 5.74) is 6.90. The molecular formula is C15H16FNO2. The number of hydrogen-bond acceptors (Lipinski definition) is 3. The Kier molecular flexibility index (Phi) is 4.23. The quantitative estimate of drug-likeness (QED) is 0.664. The van der Waals surface area contributed by atoms with Crippen LogP contribution in [-0.4, -0.2) is 13.2 Å². The maximum atomic E-state index is 13.1. The summed E-state index contributed by atoms with van der Waals surface area (Å²) in [7, 11) is 0. The molecule has 2 rings (SSSR count). The maximum absolute atomic E-state index is 13.1. The lowest BCUT2D eigenvalue weighted by molar-refractivity contribution is 0.217. The average Bonchev–Trinajstić information content (AvgIpc) is 2.40. The Morgan fingerprint density at radius 1 is 1.05 bits per heavy atom. The average molecular weight is 261 g/mol. The highest BCUT2D eigenvalue weighted by molar-refractivity contribution is 5.51. The Hall–Kier alpha value is -2.23. The summed E-state index contributed by atoms with van der Waals surface area (Å²) in [4.78, 5) is 0. The summed E-state index contributed by atoms with van der Waals surface area (Å²) in [5, 5.41) is 0. The van der Waals surface area contributed by atoms with Crippen molar-refractivity contribution < 1.29 is 13.9 Å². The zero-order valence-electron chi connectivity index (χ0n) is 10.7. The Morgan fingerprint density at radius 3 is 2.53 bits per heavy atom. The monoisotopic (exact) mass is 261 g/mol. The summed E-state index contributed by atoms with van der Waals surface area (Å²) >= 11 is 0. The first-order valence-electron chi connectivity index (χ1n) is 6.03. The van der Waals surface area contributed by atoms with Gasteiger partial charge in [0.25, 0.3) is 0 Å². The largest absolute Gasteiger partial charge is 0.490 e. The second-order valence-corrected chi connectivity index (χ2v) is 4.15. The molecule has 0 heterocycles. The van der Waals surface area contributed by atoms with E-state index in [1.807, 2.05) is 12.1 Å². The van der Waals surface area contributed by atoms with Gasteiger partial charge in [-0.1, -0.05) is 12.1 Å². The van der Waals surface area contributed by atoms with Crippen molar-refractivity contribution in [2.45, 2.75) is 6.92 Å². The Balaban J connectivity index is 1.81. The standard InChI is InChI=1S/C15H16FNO2/c1-11-10-12(6-7-13(11)16)18-8-9-19-15-5-3-2-4-14(15)17/h2-7,10H,8-9,17H2,1H3. The highest BCUT2D eigenvalue weighted by atomic mass is 19.1. The lowest BCUT2D eigenvalue weighted by Crippen LogP contribution is -2.10. The molecule has 0 aromatic heterocycles. The molecule has 0 spiro atoms. The first kappa shape index (κ1) is 13.2. The van der Waals surface area contributed by atoms with Gasteiger partial charge in [-0.05, 0) is 42.8 Å². The third-order valence-corrected chi connectivity index (χ3v) is 2.66. The molecule has 0 bridgehead atoms. The van der Waals surface area contributed by atoms with Crippen LogP contribution in [0.2, 0.25) is 0 Å². The van der Waals surface area contributed by atoms with Gasteiger partial charge in [-0.25, -0.2) is 4.39 Å². The van der Waals surface area contributed by atoms with E-state index in [4.69, 9.17) is 15.2 Å². The zero-order chi connectivity index (χ0) is 13.7. The fraction of sp³-hybridized carbons (Fsp3) is 0.200. The van der Waals surface area contributed by atoms with E-state index in [1.165, 1.54) is 6.07 Å². The molecule has 2 N–H and O–H groups in total. The molecule has 0 aliphatic rings. The van der Waals surface area contributed by atoms with Gasteiger partial charge in [0.2, 0.25) is 0 Å². The Morgan fingerprint density at radius 2 is 1.79 bits per heavy atom. The predicted octanol–water partition coefficient (Wildman–Crippen LogP) is 3.17. The molecule has 0 radical (unpaired) electrons. The van der Waals surface area contributed by atoms with Crippen LogP contribution in [-0.2, 0) is 0 Å². The number of para-hydroxylation sites is 2. The van der Waals surface area contributed by atoms with Crippen LogP contribution in [0.1, 0.15) is 5.56 Å². The van der Waals surface area contributed by atoms with E-state index in [9.17, 15) is 4.39 Å². The minimum absolute atomic E-state index is 0.236. The number of hydrogen-bond donors (Lipinski definition) is 1. The minimum Gasteiger partial charge on any atom is -0.490 e. The van der Waals surface area contributed by atoms with Gasteiger partial charge in [0, 0.05) is 0 Å². The molecule has 2 aromatic carbocycles. The van der Waals surface area contributed by atoms with E-state index < -0.39 is 0 Å². The van der Waals surface area contributed by atoms with Gasteiger partial charge in [-0.2, -0.15) is 0 Å². The van der Waals surface area contributed by atoms with Crippen LogP contribution in [0.5, 0.6) is 11.5 Å². The van der Waals surface area contributed by atoms with Gasteiger partial charge >= 0.3 is 0 Å². The molecule has 0 saturated heterocycles. The lowest BCUT2D eigenvalue weighted by atomic mass is 10.2. The molecule has 2 aromatic rings. The highest BCUT2D eigenvalue weighted by Crippen LogP contribution is 2.20. The first-order valence-corrected chi connectivity index (χ1v) is 6.03. The van der Waals surface area contributed by atoms with Crippen LogP contribution < -0.4 is 15.2 Å². The topological polar surface area (TPSA) is 44.5 Å². The predicted molar refractivity (Wildman–Crippen MR) is 73.0 cm³/mol. The van der Waals surface area contributed by atoms with Crippen molar-refractivity contribution in [3.05, 3.63) is 53.8 Å². The van der Waals surface area contributed by atoms with Gasteiger partial charge < -0.3 is 15.2 Å². The van der Waals surface area contributed by atoms with Crippen LogP contribution in [0, 0.1) is 12.7 Å². The smallest absolute Gasteiger partial charge is 0.142 e. The van der Waals surface area contributed by atoms with Gasteiger partial charge in [-0.15, -0.1) is 0 Å². The molecule has 100 valence electrons. The zero-order valence-corrected chi connectivity index (χ0v) is 10.7. The number of nitrogen functional groups attached to an aromatic ring is 1. The second-order valence-electron chi connectivity index (χ2n) is 4.15. The number of aryl methyl sites for hydroxylation is 1. The van der Waals surface area contributed by atoms with Crippen LogP contribution in [0.3, 0.4) is 0 Å². The maximum Gasteiger partial charge on any atom is 0.142 e. The summed E-state index contributed by atoms with van der Waals surface area (Å²) in [6.45, 7) is 2.45. The van der Waals surface area contributed by atoms with Crippen molar-refractivity contribution in [2.24, 2.45) is 0 Å². The second kappa shape index (κ2) is 6.09. The van der Waals surface area contributed by atoms with Gasteiger partial charge in [0.1, 0.15) is 30.5 Å². The first-order chi connectivity index (χ1) is 9.16. The number of anilines is 1. The number of rotatable bonds is 5. The number of ether oxygens (including phenoxy) is 2. The third-order valence-electron chi connectivity index (χ3n) is 2.66. The molecule has 0 amide bonds. The van der Waals surface area contributed by atoms with Gasteiger partial charge in [0.05, 0.1) is 5.69 Å². The van der Waals surface area contributed by atoms with E-state index in [0.29, 0.717) is 36.0 Å². The van der Waals surface area contributed by atoms with Crippen LogP contribution in [0.4, 0.5) is 10.1 Å². The molecule has 3 nitrogen and oxygen atoms in total. The van der Waals surface area contributed by atoms with Crippen molar-refractivity contribution >= 4 is 5.69 Å². The number of halogens is 1. The van der Waals surface area contributed by atoms with Gasteiger partial charge in [0.15, 0.2) is 0 Å². The molecule has 0 fully saturated rings. The number of nitrogens with two attached hydrogens (primary N) is 1. The van der Waals surface area contributed by atoms with E-state index in [0.717, 1.165) is 0 Å². The van der Waals surface area contributed by atoms with E-state index in [2.05, 4.69) is 0 Å². The molecule has 0 aliphatic carbocycles. The van der Waals surface area contributed by atoms with Crippen molar-refractivity contribution in [2.75, 3.05) is 18.9 Å². The van der Waals surface area contributed by atoms with Crippen LogP contribution in [0.25, 0.3) is 0 Å². The van der Waals surface area contributed by atoms with Crippen molar-refractivity contribution in [1.82, 2.24) is 0 Å². The molecule has 4 heteroatoms. The van der Waals surface area contributed by atoms with Crippen LogP contribution >= 0.6 is 0 Å². The third kappa shape index (κ3) is 3.61. The molecule has 0 atom stereocenters. The summed E-state index contributed by atoms with van der Waals surface area (Å²) in [6, 6.07) is 11.9. The highest BCUT2D eigenvalue weighted by Gasteiger charge is 2.01. The SMILES string of the molecule is Cc1cc(OCCOc2ccccc2N)ccc1F. The van der Waals surface area contributed by atoms with Crippen molar-refractivity contribution in [3.8, 4) is 11.5 Å². The molecular weight excluding hydrogens is 245 g/mol.